The maximum atomic E-state index is 5.47. The molecule has 4 heteroatoms. The summed E-state index contributed by atoms with van der Waals surface area (Å²) in [6.45, 7) is 2.14. The van der Waals surface area contributed by atoms with Gasteiger partial charge in [-0.2, -0.15) is 0 Å². The Morgan fingerprint density at radius 2 is 2.10 bits per heavy atom. The minimum absolute atomic E-state index is 0.204. The fourth-order valence-electron chi connectivity index (χ4n) is 2.14. The van der Waals surface area contributed by atoms with Gasteiger partial charge in [0.2, 0.25) is 0 Å². The third kappa shape index (κ3) is 2.75. The maximum absolute atomic E-state index is 5.47. The van der Waals surface area contributed by atoms with E-state index in [0.717, 1.165) is 28.4 Å². The van der Waals surface area contributed by atoms with Crippen LogP contribution in [-0.4, -0.2) is 4.98 Å². The van der Waals surface area contributed by atoms with E-state index < -0.39 is 0 Å². The van der Waals surface area contributed by atoms with Gasteiger partial charge in [0.1, 0.15) is 10.8 Å². The minimum atomic E-state index is 0.204. The monoisotopic (exact) mass is 284 g/mol. The highest BCUT2D eigenvalue weighted by Gasteiger charge is 2.11. The molecule has 1 aromatic carbocycles. The first-order valence-electron chi connectivity index (χ1n) is 6.66. The van der Waals surface area contributed by atoms with Crippen LogP contribution in [0.2, 0.25) is 0 Å². The summed E-state index contributed by atoms with van der Waals surface area (Å²) in [6.07, 6.45) is 4.52. The second kappa shape index (κ2) is 5.92. The SMILES string of the molecule is CCC(Nc1ccc(-c2nccs2)cc1)c1ccco1. The van der Waals surface area contributed by atoms with Gasteiger partial charge in [-0.25, -0.2) is 4.98 Å². The number of nitrogens with zero attached hydrogens (tertiary/aromatic N) is 1. The third-order valence-corrected chi connectivity index (χ3v) is 4.02. The van der Waals surface area contributed by atoms with Gasteiger partial charge in [-0.05, 0) is 42.8 Å². The standard InChI is InChI=1S/C16H16N2OS/c1-2-14(15-4-3-10-19-15)18-13-7-5-12(6-8-13)16-17-9-11-20-16/h3-11,14,18H,2H2,1H3. The van der Waals surface area contributed by atoms with Gasteiger partial charge in [-0.15, -0.1) is 11.3 Å². The average Bonchev–Trinajstić information content (AvgIpc) is 3.18. The molecule has 0 saturated heterocycles. The Kier molecular flexibility index (Phi) is 3.83. The molecule has 0 aliphatic carbocycles. The molecule has 3 rings (SSSR count). The fourth-order valence-corrected chi connectivity index (χ4v) is 2.78. The van der Waals surface area contributed by atoms with Crippen LogP contribution in [-0.2, 0) is 0 Å². The lowest BCUT2D eigenvalue weighted by atomic mass is 10.1. The number of hydrogen-bond acceptors (Lipinski definition) is 4. The molecule has 1 unspecified atom stereocenters. The molecule has 0 bridgehead atoms. The van der Waals surface area contributed by atoms with Crippen molar-refractivity contribution < 1.29 is 4.42 Å². The lowest BCUT2D eigenvalue weighted by Gasteiger charge is -2.16. The number of rotatable bonds is 5. The summed E-state index contributed by atoms with van der Waals surface area (Å²) in [5.41, 5.74) is 2.24. The van der Waals surface area contributed by atoms with E-state index in [9.17, 15) is 0 Å². The van der Waals surface area contributed by atoms with E-state index in [2.05, 4.69) is 41.5 Å². The highest BCUT2D eigenvalue weighted by molar-refractivity contribution is 7.13. The van der Waals surface area contributed by atoms with E-state index in [1.807, 2.05) is 23.7 Å². The van der Waals surface area contributed by atoms with Crippen molar-refractivity contribution in [2.45, 2.75) is 19.4 Å². The van der Waals surface area contributed by atoms with Gasteiger partial charge in [0, 0.05) is 22.8 Å². The zero-order chi connectivity index (χ0) is 13.8. The molecule has 0 radical (unpaired) electrons. The predicted molar refractivity (Wildman–Crippen MR) is 82.9 cm³/mol. The van der Waals surface area contributed by atoms with Crippen molar-refractivity contribution in [3.8, 4) is 10.6 Å². The number of aromatic nitrogens is 1. The molecule has 1 N–H and O–H groups in total. The average molecular weight is 284 g/mol. The molecule has 1 atom stereocenters. The first-order valence-corrected chi connectivity index (χ1v) is 7.54. The molecule has 0 fully saturated rings. The quantitative estimate of drug-likeness (QED) is 0.719. The number of benzene rings is 1. The van der Waals surface area contributed by atoms with Gasteiger partial charge in [-0.3, -0.25) is 0 Å². The number of hydrogen-bond donors (Lipinski definition) is 1. The molecule has 2 aromatic heterocycles. The molecule has 0 spiro atoms. The van der Waals surface area contributed by atoms with Crippen molar-refractivity contribution >= 4 is 17.0 Å². The first-order chi connectivity index (χ1) is 9.86. The van der Waals surface area contributed by atoms with Crippen molar-refractivity contribution in [2.75, 3.05) is 5.32 Å². The molecule has 2 heterocycles. The van der Waals surface area contributed by atoms with Gasteiger partial charge < -0.3 is 9.73 Å². The Hall–Kier alpha value is -2.07. The zero-order valence-electron chi connectivity index (χ0n) is 11.2. The van der Waals surface area contributed by atoms with Crippen molar-refractivity contribution in [3.63, 3.8) is 0 Å². The summed E-state index contributed by atoms with van der Waals surface area (Å²) in [6, 6.07) is 12.5. The highest BCUT2D eigenvalue weighted by Crippen LogP contribution is 2.26. The lowest BCUT2D eigenvalue weighted by Crippen LogP contribution is -2.08. The maximum Gasteiger partial charge on any atom is 0.125 e. The van der Waals surface area contributed by atoms with Crippen LogP contribution < -0.4 is 5.32 Å². The number of thiazole rings is 1. The highest BCUT2D eigenvalue weighted by atomic mass is 32.1. The van der Waals surface area contributed by atoms with Crippen LogP contribution in [0, 0.1) is 0 Å². The second-order valence-corrected chi connectivity index (χ2v) is 5.43. The molecule has 0 amide bonds. The van der Waals surface area contributed by atoms with Crippen molar-refractivity contribution in [2.24, 2.45) is 0 Å². The first kappa shape index (κ1) is 12.9. The Balaban J connectivity index is 1.75. The summed E-state index contributed by atoms with van der Waals surface area (Å²) in [5, 5.41) is 6.53. The molecular formula is C16H16N2OS. The van der Waals surface area contributed by atoms with E-state index in [4.69, 9.17) is 4.42 Å². The van der Waals surface area contributed by atoms with Crippen molar-refractivity contribution in [3.05, 3.63) is 60.0 Å². The number of anilines is 1. The Morgan fingerprint density at radius 1 is 1.25 bits per heavy atom. The smallest absolute Gasteiger partial charge is 0.125 e. The molecule has 3 aromatic rings. The van der Waals surface area contributed by atoms with E-state index >= 15 is 0 Å². The van der Waals surface area contributed by atoms with Crippen molar-refractivity contribution in [1.29, 1.82) is 0 Å². The van der Waals surface area contributed by atoms with Gasteiger partial charge in [0.05, 0.1) is 12.3 Å². The van der Waals surface area contributed by atoms with Gasteiger partial charge >= 0.3 is 0 Å². The largest absolute Gasteiger partial charge is 0.467 e. The summed E-state index contributed by atoms with van der Waals surface area (Å²) >= 11 is 1.65. The molecule has 102 valence electrons. The third-order valence-electron chi connectivity index (χ3n) is 3.20. The van der Waals surface area contributed by atoms with E-state index in [1.165, 1.54) is 0 Å². The van der Waals surface area contributed by atoms with E-state index in [1.54, 1.807) is 17.6 Å². The Morgan fingerprint density at radius 3 is 2.70 bits per heavy atom. The topological polar surface area (TPSA) is 38.1 Å². The molecule has 0 saturated carbocycles. The van der Waals surface area contributed by atoms with Gasteiger partial charge in [-0.1, -0.05) is 6.92 Å². The van der Waals surface area contributed by atoms with Crippen LogP contribution >= 0.6 is 11.3 Å². The Bertz CT molecular complexity index is 630. The normalized spacial score (nSPS) is 12.2. The Labute approximate surface area is 122 Å². The van der Waals surface area contributed by atoms with Crippen molar-refractivity contribution in [1.82, 2.24) is 4.98 Å². The second-order valence-electron chi connectivity index (χ2n) is 4.54. The van der Waals surface area contributed by atoms with Gasteiger partial charge in [0.15, 0.2) is 0 Å². The van der Waals surface area contributed by atoms with Crippen LogP contribution in [0.3, 0.4) is 0 Å². The van der Waals surface area contributed by atoms with E-state index in [-0.39, 0.29) is 6.04 Å². The van der Waals surface area contributed by atoms with E-state index in [0.29, 0.717) is 0 Å². The fraction of sp³-hybridized carbons (Fsp3) is 0.188. The summed E-state index contributed by atoms with van der Waals surface area (Å²) < 4.78 is 5.47. The summed E-state index contributed by atoms with van der Waals surface area (Å²) in [7, 11) is 0. The number of furan rings is 1. The summed E-state index contributed by atoms with van der Waals surface area (Å²) in [4.78, 5) is 4.32. The number of nitrogens with one attached hydrogen (secondary N) is 1. The lowest BCUT2D eigenvalue weighted by molar-refractivity contribution is 0.474. The molecule has 20 heavy (non-hydrogen) atoms. The molecular weight excluding hydrogens is 268 g/mol. The predicted octanol–water partition coefficient (Wildman–Crippen LogP) is 4.97. The minimum Gasteiger partial charge on any atom is -0.467 e. The van der Waals surface area contributed by atoms with Crippen LogP contribution in [0.1, 0.15) is 25.1 Å². The molecule has 3 nitrogen and oxygen atoms in total. The van der Waals surface area contributed by atoms with Crippen LogP contribution in [0.5, 0.6) is 0 Å². The molecule has 0 aliphatic heterocycles. The van der Waals surface area contributed by atoms with Crippen LogP contribution in [0.25, 0.3) is 10.6 Å². The summed E-state index contributed by atoms with van der Waals surface area (Å²) in [5.74, 6) is 0.969. The van der Waals surface area contributed by atoms with Crippen LogP contribution in [0.15, 0.2) is 58.7 Å². The van der Waals surface area contributed by atoms with Crippen LogP contribution in [0.4, 0.5) is 5.69 Å². The molecule has 0 aliphatic rings. The van der Waals surface area contributed by atoms with Gasteiger partial charge in [0.25, 0.3) is 0 Å². The zero-order valence-corrected chi connectivity index (χ0v) is 12.1.